The van der Waals surface area contributed by atoms with Gasteiger partial charge in [0, 0.05) is 0 Å². The predicted molar refractivity (Wildman–Crippen MR) is 54.0 cm³/mol. The van der Waals surface area contributed by atoms with Gasteiger partial charge in [0.2, 0.25) is 0 Å². The van der Waals surface area contributed by atoms with Crippen LogP contribution in [-0.2, 0) is 11.2 Å². The molecule has 1 unspecified atom stereocenters. The third kappa shape index (κ3) is 3.09. The summed E-state index contributed by atoms with van der Waals surface area (Å²) >= 11 is 0. The van der Waals surface area contributed by atoms with E-state index in [-0.39, 0.29) is 17.9 Å². The second kappa shape index (κ2) is 5.32. The van der Waals surface area contributed by atoms with Crippen molar-refractivity contribution in [3.05, 3.63) is 23.8 Å². The zero-order chi connectivity index (χ0) is 12.1. The van der Waals surface area contributed by atoms with Gasteiger partial charge < -0.3 is 15.3 Å². The van der Waals surface area contributed by atoms with Gasteiger partial charge in [0.05, 0.1) is 0 Å². The van der Waals surface area contributed by atoms with Gasteiger partial charge in [-0.25, -0.2) is 4.39 Å². The minimum atomic E-state index is -1.18. The van der Waals surface area contributed by atoms with Crippen molar-refractivity contribution in [1.29, 1.82) is 0 Å². The normalized spacial score (nSPS) is 12.3. The molecule has 0 heterocycles. The van der Waals surface area contributed by atoms with Crippen LogP contribution < -0.4 is 5.32 Å². The molecular weight excluding hydrogens is 217 g/mol. The van der Waals surface area contributed by atoms with E-state index in [1.54, 1.807) is 0 Å². The van der Waals surface area contributed by atoms with Crippen LogP contribution >= 0.6 is 0 Å². The van der Waals surface area contributed by atoms with E-state index in [1.165, 1.54) is 18.2 Å². The van der Waals surface area contributed by atoms with Crippen LogP contribution in [0.25, 0.3) is 0 Å². The molecule has 0 saturated heterocycles. The standard InChI is InChI=1S/C10H12FNO4/c11-5-12-7(10(15)16)3-6-1-2-8(13)9(14)4-6/h1-2,4,7,12-14H,3,5H2,(H,15,16). The third-order valence-corrected chi connectivity index (χ3v) is 2.10. The molecule has 0 spiro atoms. The summed E-state index contributed by atoms with van der Waals surface area (Å²) in [6.07, 6.45) is 0.0209. The number of carbonyl (C=O) groups is 1. The van der Waals surface area contributed by atoms with Crippen LogP contribution in [0.15, 0.2) is 18.2 Å². The Balaban J connectivity index is 2.77. The summed E-state index contributed by atoms with van der Waals surface area (Å²) in [4.78, 5) is 10.7. The van der Waals surface area contributed by atoms with Crippen LogP contribution in [-0.4, -0.2) is 34.1 Å². The summed E-state index contributed by atoms with van der Waals surface area (Å²) in [7, 11) is 0. The SMILES string of the molecule is O=C(O)C(Cc1ccc(O)c(O)c1)NCF. The van der Waals surface area contributed by atoms with E-state index in [1.807, 2.05) is 0 Å². The first-order valence-corrected chi connectivity index (χ1v) is 4.57. The number of nitrogens with one attached hydrogen (secondary N) is 1. The molecule has 0 bridgehead atoms. The highest BCUT2D eigenvalue weighted by atomic mass is 19.1. The van der Waals surface area contributed by atoms with Crippen molar-refractivity contribution < 1.29 is 24.5 Å². The average molecular weight is 229 g/mol. The number of alkyl halides is 1. The number of benzene rings is 1. The number of carboxylic acids is 1. The van der Waals surface area contributed by atoms with Crippen LogP contribution in [0.2, 0.25) is 0 Å². The molecule has 0 aromatic heterocycles. The molecule has 4 N–H and O–H groups in total. The van der Waals surface area contributed by atoms with E-state index < -0.39 is 18.8 Å². The lowest BCUT2D eigenvalue weighted by Crippen LogP contribution is -2.37. The molecule has 1 aromatic rings. The number of phenols is 2. The van der Waals surface area contributed by atoms with E-state index in [2.05, 4.69) is 5.32 Å². The third-order valence-electron chi connectivity index (χ3n) is 2.10. The molecular formula is C10H12FNO4. The summed E-state index contributed by atoms with van der Waals surface area (Å²) in [6.45, 7) is -0.943. The summed E-state index contributed by atoms with van der Waals surface area (Å²) in [6, 6.07) is 2.89. The number of carboxylic acid groups (broad SMARTS) is 1. The van der Waals surface area contributed by atoms with Crippen molar-refractivity contribution >= 4 is 5.97 Å². The molecule has 1 rings (SSSR count). The van der Waals surface area contributed by atoms with Gasteiger partial charge in [-0.05, 0) is 24.1 Å². The highest BCUT2D eigenvalue weighted by Crippen LogP contribution is 2.25. The average Bonchev–Trinajstić information content (AvgIpc) is 2.22. The number of aromatic hydroxyl groups is 2. The van der Waals surface area contributed by atoms with Crippen molar-refractivity contribution in [3.8, 4) is 11.5 Å². The fourth-order valence-corrected chi connectivity index (χ4v) is 1.27. The summed E-state index contributed by atoms with van der Waals surface area (Å²) in [5, 5.41) is 29.1. The summed E-state index contributed by atoms with van der Waals surface area (Å²) in [5.41, 5.74) is 0.489. The largest absolute Gasteiger partial charge is 0.504 e. The fraction of sp³-hybridized carbons (Fsp3) is 0.300. The topological polar surface area (TPSA) is 89.8 Å². The number of aliphatic carboxylic acids is 1. The Hall–Kier alpha value is -1.82. The van der Waals surface area contributed by atoms with Crippen molar-refractivity contribution in [2.24, 2.45) is 0 Å². The van der Waals surface area contributed by atoms with Gasteiger partial charge in [-0.1, -0.05) is 6.07 Å². The number of rotatable bonds is 5. The quantitative estimate of drug-likeness (QED) is 0.439. The van der Waals surface area contributed by atoms with Crippen molar-refractivity contribution in [2.75, 3.05) is 6.80 Å². The number of halogens is 1. The van der Waals surface area contributed by atoms with Gasteiger partial charge >= 0.3 is 5.97 Å². The maximum atomic E-state index is 12.0. The molecule has 1 atom stereocenters. The molecule has 5 nitrogen and oxygen atoms in total. The second-order valence-electron chi connectivity index (χ2n) is 3.26. The minimum absolute atomic E-state index is 0.0209. The van der Waals surface area contributed by atoms with Gasteiger partial charge in [-0.2, -0.15) is 0 Å². The van der Waals surface area contributed by atoms with E-state index in [0.29, 0.717) is 5.56 Å². The number of hydrogen-bond acceptors (Lipinski definition) is 4. The van der Waals surface area contributed by atoms with Gasteiger partial charge in [-0.15, -0.1) is 0 Å². The van der Waals surface area contributed by atoms with Gasteiger partial charge in [0.15, 0.2) is 11.5 Å². The lowest BCUT2D eigenvalue weighted by atomic mass is 10.1. The molecule has 0 amide bonds. The van der Waals surface area contributed by atoms with E-state index in [4.69, 9.17) is 10.2 Å². The Labute approximate surface area is 91.2 Å². The van der Waals surface area contributed by atoms with Gasteiger partial charge in [-0.3, -0.25) is 10.1 Å². The molecule has 0 aliphatic carbocycles. The minimum Gasteiger partial charge on any atom is -0.504 e. The van der Waals surface area contributed by atoms with Gasteiger partial charge in [0.1, 0.15) is 12.8 Å². The zero-order valence-corrected chi connectivity index (χ0v) is 8.35. The van der Waals surface area contributed by atoms with Crippen molar-refractivity contribution in [2.45, 2.75) is 12.5 Å². The van der Waals surface area contributed by atoms with E-state index in [9.17, 15) is 14.3 Å². The highest BCUT2D eigenvalue weighted by Gasteiger charge is 2.17. The lowest BCUT2D eigenvalue weighted by Gasteiger charge is -2.12. The zero-order valence-electron chi connectivity index (χ0n) is 8.35. The Kier molecular flexibility index (Phi) is 4.07. The Bertz CT molecular complexity index is 383. The first-order valence-electron chi connectivity index (χ1n) is 4.57. The van der Waals surface area contributed by atoms with Crippen LogP contribution in [0.3, 0.4) is 0 Å². The molecule has 0 aliphatic heterocycles. The van der Waals surface area contributed by atoms with E-state index in [0.717, 1.165) is 0 Å². The predicted octanol–water partition coefficient (Wildman–Crippen LogP) is 0.610. The fourth-order valence-electron chi connectivity index (χ4n) is 1.27. The molecule has 0 radical (unpaired) electrons. The number of phenolic OH excluding ortho intramolecular Hbond substituents is 2. The molecule has 88 valence electrons. The summed E-state index contributed by atoms with van der Waals surface area (Å²) < 4.78 is 12.0. The highest BCUT2D eigenvalue weighted by molar-refractivity contribution is 5.73. The molecule has 0 fully saturated rings. The van der Waals surface area contributed by atoms with E-state index >= 15 is 0 Å². The van der Waals surface area contributed by atoms with Crippen LogP contribution in [0.5, 0.6) is 11.5 Å². The van der Waals surface area contributed by atoms with Crippen LogP contribution in [0.1, 0.15) is 5.56 Å². The Morgan fingerprint density at radius 2 is 2.06 bits per heavy atom. The smallest absolute Gasteiger partial charge is 0.321 e. The first kappa shape index (κ1) is 12.3. The second-order valence-corrected chi connectivity index (χ2v) is 3.26. The van der Waals surface area contributed by atoms with Crippen LogP contribution in [0, 0.1) is 0 Å². The molecule has 16 heavy (non-hydrogen) atoms. The Morgan fingerprint density at radius 3 is 2.56 bits per heavy atom. The van der Waals surface area contributed by atoms with Gasteiger partial charge in [0.25, 0.3) is 0 Å². The molecule has 0 saturated carbocycles. The first-order chi connectivity index (χ1) is 7.54. The Morgan fingerprint density at radius 1 is 1.38 bits per heavy atom. The van der Waals surface area contributed by atoms with Crippen LogP contribution in [0.4, 0.5) is 4.39 Å². The summed E-state index contributed by atoms with van der Waals surface area (Å²) in [5.74, 6) is -1.79. The van der Waals surface area contributed by atoms with Crippen molar-refractivity contribution in [1.82, 2.24) is 5.32 Å². The number of hydrogen-bond donors (Lipinski definition) is 4. The lowest BCUT2D eigenvalue weighted by molar-refractivity contribution is -0.139. The van der Waals surface area contributed by atoms with Crippen molar-refractivity contribution in [3.63, 3.8) is 0 Å². The molecule has 6 heteroatoms. The molecule has 1 aromatic carbocycles. The monoisotopic (exact) mass is 229 g/mol. The molecule has 0 aliphatic rings. The maximum absolute atomic E-state index is 12.0. The maximum Gasteiger partial charge on any atom is 0.321 e.